The molecule has 0 N–H and O–H groups in total. The molecule has 2 aliphatic rings. The Labute approximate surface area is 159 Å². The zero-order valence-corrected chi connectivity index (χ0v) is 15.7. The van der Waals surface area contributed by atoms with Gasteiger partial charge in [-0.1, -0.05) is 0 Å². The maximum absolute atomic E-state index is 9.57. The average molecular weight is 365 g/mol. The number of rotatable bonds is 3. The molecule has 8 nitrogen and oxygen atoms in total. The second-order valence-electron chi connectivity index (χ2n) is 6.96. The summed E-state index contributed by atoms with van der Waals surface area (Å²) in [6.45, 7) is 4.40. The quantitative estimate of drug-likeness (QED) is 0.803. The monoisotopic (exact) mass is 365 g/mol. The molecule has 0 unspecified atom stereocenters. The van der Waals surface area contributed by atoms with E-state index in [1.54, 1.807) is 6.20 Å². The Morgan fingerprint density at radius 3 is 2.67 bits per heavy atom. The van der Waals surface area contributed by atoms with Crippen LogP contribution >= 0.6 is 0 Å². The summed E-state index contributed by atoms with van der Waals surface area (Å²) in [5, 5.41) is 9.57. The molecule has 140 valence electrons. The summed E-state index contributed by atoms with van der Waals surface area (Å²) >= 11 is 0. The third kappa shape index (κ3) is 3.51. The van der Waals surface area contributed by atoms with Gasteiger partial charge < -0.3 is 19.4 Å². The topological polar surface area (TPSA) is 81.4 Å². The first-order valence-corrected chi connectivity index (χ1v) is 9.16. The van der Waals surface area contributed by atoms with Crippen LogP contribution in [-0.4, -0.2) is 61.8 Å². The fourth-order valence-corrected chi connectivity index (χ4v) is 3.46. The van der Waals surface area contributed by atoms with Gasteiger partial charge in [-0.15, -0.1) is 0 Å². The fraction of sp³-hybridized carbons (Fsp3) is 0.474. The van der Waals surface area contributed by atoms with Gasteiger partial charge in [-0.2, -0.15) is 10.2 Å². The highest BCUT2D eigenvalue weighted by molar-refractivity contribution is 5.57. The van der Waals surface area contributed by atoms with Crippen molar-refractivity contribution in [3.63, 3.8) is 0 Å². The Hall–Kier alpha value is -2.92. The van der Waals surface area contributed by atoms with E-state index >= 15 is 0 Å². The number of anilines is 3. The van der Waals surface area contributed by atoms with Gasteiger partial charge in [-0.05, 0) is 12.1 Å². The van der Waals surface area contributed by atoms with Gasteiger partial charge in [0.25, 0.3) is 0 Å². The molecule has 1 saturated heterocycles. The summed E-state index contributed by atoms with van der Waals surface area (Å²) in [4.78, 5) is 20.2. The number of nitrogens with zero attached hydrogens (tertiary/aromatic N) is 7. The summed E-state index contributed by atoms with van der Waals surface area (Å²) in [5.74, 6) is 2.44. The lowest BCUT2D eigenvalue weighted by atomic mass is 10.1. The molecular formula is C19H23N7O. The minimum absolute atomic E-state index is 0.546. The van der Waals surface area contributed by atoms with Crippen LogP contribution < -0.4 is 14.7 Å². The van der Waals surface area contributed by atoms with E-state index in [1.165, 1.54) is 0 Å². The van der Waals surface area contributed by atoms with Crippen molar-refractivity contribution in [1.29, 1.82) is 5.26 Å². The lowest BCUT2D eigenvalue weighted by Gasteiger charge is -2.36. The predicted molar refractivity (Wildman–Crippen MR) is 103 cm³/mol. The van der Waals surface area contributed by atoms with Crippen LogP contribution in [0.3, 0.4) is 0 Å². The molecule has 4 heterocycles. The summed E-state index contributed by atoms with van der Waals surface area (Å²) in [6.07, 6.45) is 2.60. The van der Waals surface area contributed by atoms with E-state index in [1.807, 2.05) is 31.1 Å². The Bertz CT molecular complexity index is 869. The molecule has 0 spiro atoms. The van der Waals surface area contributed by atoms with Gasteiger partial charge in [0.05, 0.1) is 24.5 Å². The van der Waals surface area contributed by atoms with Crippen LogP contribution in [-0.2, 0) is 17.8 Å². The van der Waals surface area contributed by atoms with Crippen LogP contribution in [0.5, 0.6) is 0 Å². The first-order valence-electron chi connectivity index (χ1n) is 9.16. The Morgan fingerprint density at radius 2 is 1.93 bits per heavy atom. The minimum Gasteiger partial charge on any atom is -0.376 e. The van der Waals surface area contributed by atoms with Crippen LogP contribution in [0.25, 0.3) is 0 Å². The van der Waals surface area contributed by atoms with Crippen molar-refractivity contribution in [3.05, 3.63) is 35.2 Å². The Kier molecular flexibility index (Phi) is 4.77. The van der Waals surface area contributed by atoms with E-state index in [9.17, 15) is 5.26 Å². The lowest BCUT2D eigenvalue weighted by molar-refractivity contribution is 0.109. The van der Waals surface area contributed by atoms with Crippen LogP contribution in [0.2, 0.25) is 0 Å². The first-order chi connectivity index (χ1) is 13.2. The van der Waals surface area contributed by atoms with E-state index < -0.39 is 0 Å². The van der Waals surface area contributed by atoms with Gasteiger partial charge in [0.1, 0.15) is 17.7 Å². The highest BCUT2D eigenvalue weighted by Crippen LogP contribution is 2.26. The predicted octanol–water partition coefficient (Wildman–Crippen LogP) is 1.21. The Balaban J connectivity index is 1.51. The highest BCUT2D eigenvalue weighted by atomic mass is 16.5. The lowest BCUT2D eigenvalue weighted by Crippen LogP contribution is -2.47. The van der Waals surface area contributed by atoms with E-state index in [0.717, 1.165) is 61.4 Å². The second-order valence-corrected chi connectivity index (χ2v) is 6.96. The van der Waals surface area contributed by atoms with Crippen LogP contribution in [0.1, 0.15) is 16.8 Å². The standard InChI is InChI=1S/C19H23N7O/c1-24(2)17-3-5-21-19(23-17)26-8-6-25(7-9-26)18-14(12-20)11-15-13-27-10-4-16(15)22-18/h3,5,11H,4,6-10,13H2,1-2H3. The van der Waals surface area contributed by atoms with Gasteiger partial charge in [0.15, 0.2) is 0 Å². The summed E-state index contributed by atoms with van der Waals surface area (Å²) in [6, 6.07) is 6.14. The number of pyridine rings is 1. The Morgan fingerprint density at radius 1 is 1.15 bits per heavy atom. The van der Waals surface area contributed by atoms with Crippen molar-refractivity contribution in [2.75, 3.05) is 61.6 Å². The molecule has 4 rings (SSSR count). The average Bonchev–Trinajstić information content (AvgIpc) is 2.73. The molecule has 27 heavy (non-hydrogen) atoms. The van der Waals surface area contributed by atoms with Gasteiger partial charge in [-0.3, -0.25) is 0 Å². The molecule has 0 radical (unpaired) electrons. The highest BCUT2D eigenvalue weighted by Gasteiger charge is 2.24. The number of nitriles is 1. The number of ether oxygens (including phenoxy) is 1. The van der Waals surface area contributed by atoms with Crippen molar-refractivity contribution in [1.82, 2.24) is 15.0 Å². The zero-order chi connectivity index (χ0) is 18.8. The maximum Gasteiger partial charge on any atom is 0.227 e. The molecular weight excluding hydrogens is 342 g/mol. The normalized spacial score (nSPS) is 16.6. The van der Waals surface area contributed by atoms with Crippen molar-refractivity contribution >= 4 is 17.6 Å². The van der Waals surface area contributed by atoms with Gasteiger partial charge >= 0.3 is 0 Å². The van der Waals surface area contributed by atoms with Crippen molar-refractivity contribution in [2.45, 2.75) is 13.0 Å². The molecule has 2 aliphatic heterocycles. The third-order valence-corrected chi connectivity index (χ3v) is 4.98. The van der Waals surface area contributed by atoms with Crippen LogP contribution in [0, 0.1) is 11.3 Å². The summed E-state index contributed by atoms with van der Waals surface area (Å²) in [5.41, 5.74) is 2.72. The SMILES string of the molecule is CN(C)c1ccnc(N2CCN(c3nc4c(cc3C#N)COCC4)CC2)n1. The molecule has 2 aromatic heterocycles. The largest absolute Gasteiger partial charge is 0.376 e. The molecule has 0 atom stereocenters. The van der Waals surface area contributed by atoms with Crippen molar-refractivity contribution < 1.29 is 4.74 Å². The third-order valence-electron chi connectivity index (χ3n) is 4.98. The van der Waals surface area contributed by atoms with E-state index in [4.69, 9.17) is 9.72 Å². The number of fused-ring (bicyclic) bond motifs is 1. The van der Waals surface area contributed by atoms with Crippen molar-refractivity contribution in [3.8, 4) is 6.07 Å². The number of hydrogen-bond donors (Lipinski definition) is 0. The van der Waals surface area contributed by atoms with Crippen molar-refractivity contribution in [2.24, 2.45) is 0 Å². The molecule has 0 aromatic carbocycles. The maximum atomic E-state index is 9.57. The van der Waals surface area contributed by atoms with Gasteiger partial charge in [-0.25, -0.2) is 9.97 Å². The van der Waals surface area contributed by atoms with Gasteiger partial charge in [0.2, 0.25) is 5.95 Å². The van der Waals surface area contributed by atoms with E-state index in [2.05, 4.69) is 25.8 Å². The first kappa shape index (κ1) is 17.5. The molecule has 2 aromatic rings. The number of aromatic nitrogens is 3. The van der Waals surface area contributed by atoms with E-state index in [0.29, 0.717) is 18.8 Å². The van der Waals surface area contributed by atoms with E-state index in [-0.39, 0.29) is 0 Å². The number of piperazine rings is 1. The zero-order valence-electron chi connectivity index (χ0n) is 15.7. The van der Waals surface area contributed by atoms with Gasteiger partial charge in [0, 0.05) is 58.5 Å². The smallest absolute Gasteiger partial charge is 0.227 e. The van der Waals surface area contributed by atoms with Crippen LogP contribution in [0.15, 0.2) is 18.3 Å². The number of hydrogen-bond acceptors (Lipinski definition) is 8. The molecule has 0 bridgehead atoms. The molecule has 0 aliphatic carbocycles. The second kappa shape index (κ2) is 7.37. The summed E-state index contributed by atoms with van der Waals surface area (Å²) < 4.78 is 5.48. The molecule has 8 heteroatoms. The summed E-state index contributed by atoms with van der Waals surface area (Å²) in [7, 11) is 3.94. The van der Waals surface area contributed by atoms with Crippen LogP contribution in [0.4, 0.5) is 17.6 Å². The fourth-order valence-electron chi connectivity index (χ4n) is 3.46. The minimum atomic E-state index is 0.546. The molecule has 1 fully saturated rings. The molecule has 0 saturated carbocycles. The molecule has 0 amide bonds.